The highest BCUT2D eigenvalue weighted by Gasteiger charge is 2.30. The Labute approximate surface area is 158 Å². The molecule has 146 valence electrons. The fourth-order valence-corrected chi connectivity index (χ4v) is 4.48. The van der Waals surface area contributed by atoms with Gasteiger partial charge < -0.3 is 9.80 Å². The van der Waals surface area contributed by atoms with Crippen LogP contribution in [0.1, 0.15) is 11.6 Å². The molecule has 2 aromatic rings. The molecule has 0 radical (unpaired) electrons. The molecule has 1 fully saturated rings. The molecule has 0 aromatic heterocycles. The standard InChI is InChI=1S/C19H23F2N3O2S/c1-23-10-12-24(13-11-23)19(15-2-4-16(20)5-3-15)14-22-27(25,26)18-8-6-17(21)7-9-18/h2-9,19,22H,10-14H2,1H3/p+2/t19-/m1/s1. The van der Waals surface area contributed by atoms with Crippen LogP contribution in [0.25, 0.3) is 0 Å². The van der Waals surface area contributed by atoms with Gasteiger partial charge in [-0.1, -0.05) is 12.1 Å². The van der Waals surface area contributed by atoms with Crippen LogP contribution >= 0.6 is 0 Å². The summed E-state index contributed by atoms with van der Waals surface area (Å²) in [4.78, 5) is 2.75. The average molecular weight is 397 g/mol. The van der Waals surface area contributed by atoms with Crippen molar-refractivity contribution in [1.82, 2.24) is 4.72 Å². The van der Waals surface area contributed by atoms with Crippen LogP contribution in [-0.2, 0) is 10.0 Å². The summed E-state index contributed by atoms with van der Waals surface area (Å²) in [5.41, 5.74) is 0.896. The molecule has 27 heavy (non-hydrogen) atoms. The zero-order chi connectivity index (χ0) is 19.4. The Morgan fingerprint density at radius 3 is 2.00 bits per heavy atom. The van der Waals surface area contributed by atoms with E-state index < -0.39 is 15.8 Å². The number of benzene rings is 2. The van der Waals surface area contributed by atoms with E-state index in [1.54, 1.807) is 12.1 Å². The van der Waals surface area contributed by atoms with E-state index in [1.807, 2.05) is 0 Å². The Balaban J connectivity index is 1.78. The molecule has 1 aliphatic heterocycles. The van der Waals surface area contributed by atoms with Crippen LogP contribution in [0.2, 0.25) is 0 Å². The van der Waals surface area contributed by atoms with E-state index in [9.17, 15) is 17.2 Å². The number of piperazine rings is 1. The molecule has 0 unspecified atom stereocenters. The number of sulfonamides is 1. The summed E-state index contributed by atoms with van der Waals surface area (Å²) in [6.45, 7) is 4.01. The molecule has 3 N–H and O–H groups in total. The lowest BCUT2D eigenvalue weighted by Crippen LogP contribution is -3.27. The number of quaternary nitrogens is 2. The van der Waals surface area contributed by atoms with Crippen molar-refractivity contribution in [3.8, 4) is 0 Å². The third-order valence-electron chi connectivity index (χ3n) is 5.11. The minimum atomic E-state index is -3.75. The Morgan fingerprint density at radius 2 is 1.44 bits per heavy atom. The SMILES string of the molecule is C[NH+]1CC[NH+]([C@H](CNS(=O)(=O)c2ccc(F)cc2)c2ccc(F)cc2)CC1. The summed E-state index contributed by atoms with van der Waals surface area (Å²) in [6.07, 6.45) is 0. The second-order valence-corrected chi connectivity index (χ2v) is 8.79. The van der Waals surface area contributed by atoms with Gasteiger partial charge >= 0.3 is 0 Å². The van der Waals surface area contributed by atoms with E-state index in [0.29, 0.717) is 0 Å². The highest BCUT2D eigenvalue weighted by Crippen LogP contribution is 2.13. The Bertz CT molecular complexity index is 850. The van der Waals surface area contributed by atoms with Crippen LogP contribution in [0.5, 0.6) is 0 Å². The van der Waals surface area contributed by atoms with Crippen LogP contribution in [0.15, 0.2) is 53.4 Å². The van der Waals surface area contributed by atoms with E-state index in [4.69, 9.17) is 0 Å². The molecule has 8 heteroatoms. The van der Waals surface area contributed by atoms with Gasteiger partial charge in [0.1, 0.15) is 43.9 Å². The molecule has 0 amide bonds. The second kappa shape index (κ2) is 8.43. The number of hydrogen-bond acceptors (Lipinski definition) is 2. The zero-order valence-corrected chi connectivity index (χ0v) is 16.0. The molecule has 1 aliphatic rings. The third kappa shape index (κ3) is 5.10. The van der Waals surface area contributed by atoms with E-state index in [-0.39, 0.29) is 23.3 Å². The number of likely N-dealkylation sites (N-methyl/N-ethyl adjacent to an activating group) is 1. The lowest BCUT2D eigenvalue weighted by Gasteiger charge is -2.33. The fourth-order valence-electron chi connectivity index (χ4n) is 3.43. The fraction of sp³-hybridized carbons (Fsp3) is 0.368. The van der Waals surface area contributed by atoms with Crippen molar-refractivity contribution in [2.75, 3.05) is 39.8 Å². The van der Waals surface area contributed by atoms with Gasteiger partial charge in [-0.15, -0.1) is 0 Å². The van der Waals surface area contributed by atoms with Crippen molar-refractivity contribution in [2.24, 2.45) is 0 Å². The lowest BCUT2D eigenvalue weighted by atomic mass is 10.0. The van der Waals surface area contributed by atoms with Gasteiger partial charge in [0.15, 0.2) is 0 Å². The largest absolute Gasteiger partial charge is 0.328 e. The Morgan fingerprint density at radius 1 is 0.926 bits per heavy atom. The molecule has 3 rings (SSSR count). The van der Waals surface area contributed by atoms with Crippen molar-refractivity contribution >= 4 is 10.0 Å². The number of halogens is 2. The highest BCUT2D eigenvalue weighted by atomic mass is 32.2. The summed E-state index contributed by atoms with van der Waals surface area (Å²) in [5.74, 6) is -0.801. The van der Waals surface area contributed by atoms with Gasteiger partial charge in [-0.05, 0) is 36.4 Å². The van der Waals surface area contributed by atoms with Crippen molar-refractivity contribution in [2.45, 2.75) is 10.9 Å². The van der Waals surface area contributed by atoms with Gasteiger partial charge in [-0.2, -0.15) is 0 Å². The average Bonchev–Trinajstić information content (AvgIpc) is 2.65. The molecule has 0 saturated carbocycles. The molecular weight excluding hydrogens is 372 g/mol. The molecular formula is C19H25F2N3O2S+2. The van der Waals surface area contributed by atoms with Gasteiger partial charge in [-0.3, -0.25) is 0 Å². The zero-order valence-electron chi connectivity index (χ0n) is 15.2. The molecule has 0 spiro atoms. The maximum Gasteiger partial charge on any atom is 0.240 e. The first kappa shape index (κ1) is 19.9. The predicted octanol–water partition coefficient (Wildman–Crippen LogP) is -0.602. The third-order valence-corrected chi connectivity index (χ3v) is 6.55. The second-order valence-electron chi connectivity index (χ2n) is 7.03. The molecule has 5 nitrogen and oxygen atoms in total. The van der Waals surface area contributed by atoms with Gasteiger partial charge in [-0.25, -0.2) is 21.9 Å². The van der Waals surface area contributed by atoms with E-state index >= 15 is 0 Å². The highest BCUT2D eigenvalue weighted by molar-refractivity contribution is 7.89. The van der Waals surface area contributed by atoms with Crippen molar-refractivity contribution in [3.63, 3.8) is 0 Å². The van der Waals surface area contributed by atoms with E-state index in [1.165, 1.54) is 34.1 Å². The molecule has 0 bridgehead atoms. The van der Waals surface area contributed by atoms with Gasteiger partial charge in [0, 0.05) is 5.56 Å². The number of rotatable bonds is 6. The van der Waals surface area contributed by atoms with Crippen LogP contribution < -0.4 is 14.5 Å². The molecule has 0 aliphatic carbocycles. The van der Waals surface area contributed by atoms with Crippen LogP contribution in [0, 0.1) is 11.6 Å². The minimum Gasteiger partial charge on any atom is -0.328 e. The Hall–Kier alpha value is -1.87. The van der Waals surface area contributed by atoms with Crippen molar-refractivity contribution in [1.29, 1.82) is 0 Å². The summed E-state index contributed by atoms with van der Waals surface area (Å²) in [5, 5.41) is 0. The van der Waals surface area contributed by atoms with Gasteiger partial charge in [0.05, 0.1) is 18.5 Å². The molecule has 1 atom stereocenters. The van der Waals surface area contributed by atoms with Crippen LogP contribution in [-0.4, -0.2) is 48.2 Å². The van der Waals surface area contributed by atoms with Crippen molar-refractivity contribution < 1.29 is 27.0 Å². The first-order valence-electron chi connectivity index (χ1n) is 9.02. The molecule has 1 heterocycles. The van der Waals surface area contributed by atoms with E-state index in [2.05, 4.69) is 11.8 Å². The monoisotopic (exact) mass is 397 g/mol. The number of nitrogens with one attached hydrogen (secondary N) is 3. The van der Waals surface area contributed by atoms with Crippen molar-refractivity contribution in [3.05, 3.63) is 65.7 Å². The molecule has 1 saturated heterocycles. The Kier molecular flexibility index (Phi) is 6.21. The maximum atomic E-state index is 13.3. The summed E-state index contributed by atoms with van der Waals surface area (Å²) >= 11 is 0. The number of hydrogen-bond donors (Lipinski definition) is 3. The predicted molar refractivity (Wildman–Crippen MR) is 98.0 cm³/mol. The van der Waals surface area contributed by atoms with Crippen LogP contribution in [0.3, 0.4) is 0 Å². The maximum absolute atomic E-state index is 13.3. The lowest BCUT2D eigenvalue weighted by molar-refractivity contribution is -1.02. The molecule has 2 aromatic carbocycles. The van der Waals surface area contributed by atoms with Gasteiger partial charge in [0.2, 0.25) is 10.0 Å². The normalized spacial score (nSPS) is 21.7. The quantitative estimate of drug-likeness (QED) is 0.610. The summed E-state index contributed by atoms with van der Waals surface area (Å²) in [6, 6.07) is 10.9. The van der Waals surface area contributed by atoms with Gasteiger partial charge in [0.25, 0.3) is 0 Å². The first-order valence-corrected chi connectivity index (χ1v) is 10.5. The first-order chi connectivity index (χ1) is 12.8. The summed E-state index contributed by atoms with van der Waals surface area (Å²) in [7, 11) is -1.61. The van der Waals surface area contributed by atoms with E-state index in [0.717, 1.165) is 43.9 Å². The smallest absolute Gasteiger partial charge is 0.240 e. The van der Waals surface area contributed by atoms with Crippen LogP contribution in [0.4, 0.5) is 8.78 Å². The summed E-state index contributed by atoms with van der Waals surface area (Å²) < 4.78 is 54.2. The topological polar surface area (TPSA) is 55.1 Å². The minimum absolute atomic E-state index is 0.0274.